The summed E-state index contributed by atoms with van der Waals surface area (Å²) in [6.45, 7) is 8.45. The van der Waals surface area contributed by atoms with Crippen LogP contribution >= 0.6 is 0 Å². The molecule has 0 spiro atoms. The van der Waals surface area contributed by atoms with E-state index in [9.17, 15) is 19.5 Å². The minimum Gasteiger partial charge on any atom is -0.480 e. The van der Waals surface area contributed by atoms with Gasteiger partial charge in [0.05, 0.1) is 0 Å². The van der Waals surface area contributed by atoms with Crippen LogP contribution in [0.2, 0.25) is 0 Å². The number of carboxylic acid groups (broad SMARTS) is 1. The zero-order valence-corrected chi connectivity index (χ0v) is 23.0. The van der Waals surface area contributed by atoms with E-state index in [0.29, 0.717) is 26.0 Å². The largest absolute Gasteiger partial charge is 0.480 e. The first-order valence-electron chi connectivity index (χ1n) is 13.8. The molecule has 38 heavy (non-hydrogen) atoms. The molecule has 0 saturated carbocycles. The van der Waals surface area contributed by atoms with Crippen molar-refractivity contribution in [2.75, 3.05) is 13.2 Å². The van der Waals surface area contributed by atoms with Crippen molar-refractivity contribution >= 4 is 28.6 Å². The van der Waals surface area contributed by atoms with Crippen LogP contribution in [-0.2, 0) is 32.0 Å². The Morgan fingerprint density at radius 1 is 1.16 bits per heavy atom. The summed E-state index contributed by atoms with van der Waals surface area (Å²) in [5.74, 6) is -1.75. The lowest BCUT2D eigenvalue weighted by molar-refractivity contribution is -0.149. The van der Waals surface area contributed by atoms with Crippen LogP contribution in [0, 0.1) is 5.92 Å². The van der Waals surface area contributed by atoms with Crippen LogP contribution in [0.1, 0.15) is 71.1 Å². The summed E-state index contributed by atoms with van der Waals surface area (Å²) >= 11 is 0. The van der Waals surface area contributed by atoms with Crippen molar-refractivity contribution < 1.29 is 24.2 Å². The second-order valence-electron chi connectivity index (χ2n) is 10.4. The van der Waals surface area contributed by atoms with Gasteiger partial charge in [-0.3, -0.25) is 24.4 Å². The summed E-state index contributed by atoms with van der Waals surface area (Å²) in [4.78, 5) is 41.5. The number of carbonyl (C=O) groups excluding carboxylic acids is 2. The fourth-order valence-electron chi connectivity index (χ4n) is 4.67. The standard InChI is InChI=1S/C29H42N4O5/c1-5-21-12-13-22-18-30-24(17-23(22)16-21)10-7-6-8-15-38-26(19(2)3)27(34)31-20(4)28(35)33-14-9-11-25(32-33)29(36)37/h12-13,16-20,25-26,32H,5-11,14-15H2,1-4H3,(H,31,34)(H,36,37). The van der Waals surface area contributed by atoms with Gasteiger partial charge in [0.25, 0.3) is 5.91 Å². The molecule has 9 heteroatoms. The third kappa shape index (κ3) is 8.23. The topological polar surface area (TPSA) is 121 Å². The molecule has 2 amide bonds. The third-order valence-corrected chi connectivity index (χ3v) is 6.97. The number of pyridine rings is 1. The number of benzene rings is 1. The number of aliphatic carboxylic acids is 1. The number of hydrogen-bond acceptors (Lipinski definition) is 6. The van der Waals surface area contributed by atoms with E-state index < -0.39 is 24.2 Å². The molecule has 0 bridgehead atoms. The van der Waals surface area contributed by atoms with Crippen LogP contribution in [-0.4, -0.2) is 64.2 Å². The highest BCUT2D eigenvalue weighted by molar-refractivity contribution is 5.89. The smallest absolute Gasteiger partial charge is 0.322 e. The second-order valence-corrected chi connectivity index (χ2v) is 10.4. The summed E-state index contributed by atoms with van der Waals surface area (Å²) in [5, 5.41) is 15.6. The maximum Gasteiger partial charge on any atom is 0.322 e. The molecule has 1 fully saturated rings. The number of amides is 2. The van der Waals surface area contributed by atoms with Crippen molar-refractivity contribution in [3.8, 4) is 0 Å². The molecule has 0 aliphatic carbocycles. The van der Waals surface area contributed by atoms with Gasteiger partial charge in [0.2, 0.25) is 5.91 Å². The highest BCUT2D eigenvalue weighted by Crippen LogP contribution is 2.18. The Hall–Kier alpha value is -3.04. The fraction of sp³-hybridized carbons (Fsp3) is 0.586. The molecule has 3 unspecified atom stereocenters. The van der Waals surface area contributed by atoms with E-state index in [-0.39, 0.29) is 17.7 Å². The average Bonchev–Trinajstić information content (AvgIpc) is 2.91. The second kappa shape index (κ2) is 14.2. The number of aryl methyl sites for hydroxylation is 2. The highest BCUT2D eigenvalue weighted by Gasteiger charge is 2.32. The monoisotopic (exact) mass is 526 g/mol. The van der Waals surface area contributed by atoms with E-state index in [1.165, 1.54) is 16.0 Å². The molecule has 3 rings (SSSR count). The molecule has 1 aliphatic rings. The average molecular weight is 527 g/mol. The number of rotatable bonds is 13. The molecule has 1 aliphatic heterocycles. The summed E-state index contributed by atoms with van der Waals surface area (Å²) in [6, 6.07) is 7.08. The third-order valence-electron chi connectivity index (χ3n) is 6.97. The van der Waals surface area contributed by atoms with E-state index in [0.717, 1.165) is 43.2 Å². The van der Waals surface area contributed by atoms with Gasteiger partial charge in [0.15, 0.2) is 0 Å². The zero-order valence-electron chi connectivity index (χ0n) is 23.0. The molecule has 0 radical (unpaired) electrons. The normalized spacial score (nSPS) is 17.4. The summed E-state index contributed by atoms with van der Waals surface area (Å²) in [7, 11) is 0. The van der Waals surface area contributed by atoms with Gasteiger partial charge >= 0.3 is 5.97 Å². The Morgan fingerprint density at radius 2 is 1.95 bits per heavy atom. The van der Waals surface area contributed by atoms with Gasteiger partial charge in [-0.05, 0) is 68.4 Å². The lowest BCUT2D eigenvalue weighted by Gasteiger charge is -2.34. The number of unbranched alkanes of at least 4 members (excludes halogenated alkanes) is 2. The maximum atomic E-state index is 12.9. The molecule has 1 aromatic carbocycles. The number of hydrogen-bond donors (Lipinski definition) is 3. The molecular weight excluding hydrogens is 484 g/mol. The van der Waals surface area contributed by atoms with E-state index in [1.807, 2.05) is 20.0 Å². The van der Waals surface area contributed by atoms with Crippen molar-refractivity contribution in [2.24, 2.45) is 5.92 Å². The Kier molecular flexibility index (Phi) is 11.0. The minimum absolute atomic E-state index is 0.0587. The number of hydrazine groups is 1. The van der Waals surface area contributed by atoms with Gasteiger partial charge in [-0.1, -0.05) is 45.4 Å². The van der Waals surface area contributed by atoms with Gasteiger partial charge in [0, 0.05) is 30.4 Å². The van der Waals surface area contributed by atoms with Crippen LogP contribution in [0.4, 0.5) is 0 Å². The predicted octanol–water partition coefficient (Wildman–Crippen LogP) is 3.64. The molecule has 2 aromatic rings. The summed E-state index contributed by atoms with van der Waals surface area (Å²) in [5.41, 5.74) is 5.14. The molecule has 208 valence electrons. The van der Waals surface area contributed by atoms with E-state index in [4.69, 9.17) is 4.74 Å². The molecule has 3 N–H and O–H groups in total. The number of nitrogens with one attached hydrogen (secondary N) is 2. The van der Waals surface area contributed by atoms with E-state index in [2.05, 4.69) is 46.9 Å². The van der Waals surface area contributed by atoms with Crippen LogP contribution in [0.25, 0.3) is 10.8 Å². The van der Waals surface area contributed by atoms with Gasteiger partial charge < -0.3 is 15.2 Å². The number of carbonyl (C=O) groups is 3. The van der Waals surface area contributed by atoms with Crippen LogP contribution in [0.5, 0.6) is 0 Å². The number of ether oxygens (including phenoxy) is 1. The first kappa shape index (κ1) is 29.5. The van der Waals surface area contributed by atoms with Crippen LogP contribution < -0.4 is 10.7 Å². The van der Waals surface area contributed by atoms with Crippen molar-refractivity contribution in [1.82, 2.24) is 20.7 Å². The Balaban J connectivity index is 1.41. The maximum absolute atomic E-state index is 12.9. The number of nitrogens with zero attached hydrogens (tertiary/aromatic N) is 2. The fourth-order valence-corrected chi connectivity index (χ4v) is 4.67. The molecule has 3 atom stereocenters. The van der Waals surface area contributed by atoms with Gasteiger partial charge in [-0.15, -0.1) is 0 Å². The van der Waals surface area contributed by atoms with Crippen molar-refractivity contribution in [1.29, 1.82) is 0 Å². The first-order valence-corrected chi connectivity index (χ1v) is 13.8. The molecule has 9 nitrogen and oxygen atoms in total. The number of aromatic nitrogens is 1. The minimum atomic E-state index is -0.994. The summed E-state index contributed by atoms with van der Waals surface area (Å²) < 4.78 is 5.93. The molecule has 1 aromatic heterocycles. The van der Waals surface area contributed by atoms with E-state index in [1.54, 1.807) is 6.92 Å². The number of carboxylic acids is 1. The first-order chi connectivity index (χ1) is 18.2. The van der Waals surface area contributed by atoms with Gasteiger partial charge in [0.1, 0.15) is 18.2 Å². The Bertz CT molecular complexity index is 1110. The van der Waals surface area contributed by atoms with Gasteiger partial charge in [-0.25, -0.2) is 5.43 Å². The Labute approximate surface area is 225 Å². The SMILES string of the molecule is CCc1ccc2cnc(CCCCCOC(C(=O)NC(C)C(=O)N3CCCC(C(=O)O)N3)C(C)C)cc2c1. The molecule has 2 heterocycles. The van der Waals surface area contributed by atoms with Gasteiger partial charge in [-0.2, -0.15) is 0 Å². The summed E-state index contributed by atoms with van der Waals surface area (Å²) in [6.07, 6.45) is 7.01. The predicted molar refractivity (Wildman–Crippen MR) is 146 cm³/mol. The number of fused-ring (bicyclic) bond motifs is 1. The molecule has 1 saturated heterocycles. The quantitative estimate of drug-likeness (QED) is 0.341. The van der Waals surface area contributed by atoms with Crippen LogP contribution in [0.3, 0.4) is 0 Å². The lowest BCUT2D eigenvalue weighted by Crippen LogP contribution is -2.59. The Morgan fingerprint density at radius 3 is 2.66 bits per heavy atom. The van der Waals surface area contributed by atoms with Crippen molar-refractivity contribution in [2.45, 2.75) is 90.8 Å². The van der Waals surface area contributed by atoms with Crippen molar-refractivity contribution in [3.05, 3.63) is 41.7 Å². The van der Waals surface area contributed by atoms with E-state index >= 15 is 0 Å². The molecular formula is C29H42N4O5. The van der Waals surface area contributed by atoms with Crippen LogP contribution in [0.15, 0.2) is 30.5 Å². The lowest BCUT2D eigenvalue weighted by atomic mass is 10.0. The zero-order chi connectivity index (χ0) is 27.7. The highest BCUT2D eigenvalue weighted by atomic mass is 16.5. The van der Waals surface area contributed by atoms with Crippen molar-refractivity contribution in [3.63, 3.8) is 0 Å².